The minimum absolute atomic E-state index is 0.427. The topological polar surface area (TPSA) is 58.9 Å². The van der Waals surface area contributed by atoms with Gasteiger partial charge < -0.3 is 10.7 Å². The second-order valence-electron chi connectivity index (χ2n) is 2.73. The van der Waals surface area contributed by atoms with E-state index in [2.05, 4.69) is 20.9 Å². The van der Waals surface area contributed by atoms with E-state index in [0.717, 1.165) is 15.4 Å². The van der Waals surface area contributed by atoms with Crippen molar-refractivity contribution in [3.63, 3.8) is 0 Å². The summed E-state index contributed by atoms with van der Waals surface area (Å²) in [5.74, 6) is -0.427. The molecule has 0 atom stereocenters. The van der Waals surface area contributed by atoms with Crippen molar-refractivity contribution in [1.29, 1.82) is 0 Å². The van der Waals surface area contributed by atoms with Crippen LogP contribution in [0.3, 0.4) is 0 Å². The average Bonchev–Trinajstić information content (AvgIpc) is 2.52. The summed E-state index contributed by atoms with van der Waals surface area (Å²) >= 11 is 3.33. The molecular weight excluding hydrogens is 232 g/mol. The number of benzene rings is 1. The number of fused-ring (bicyclic) bond motifs is 1. The van der Waals surface area contributed by atoms with Crippen molar-refractivity contribution in [2.75, 3.05) is 0 Å². The van der Waals surface area contributed by atoms with Crippen molar-refractivity contribution in [1.82, 2.24) is 4.98 Å². The van der Waals surface area contributed by atoms with Crippen molar-refractivity contribution >= 4 is 32.7 Å². The number of H-pyrrole nitrogens is 1. The van der Waals surface area contributed by atoms with Crippen LogP contribution in [0.25, 0.3) is 10.9 Å². The lowest BCUT2D eigenvalue weighted by Gasteiger charge is -2.00. The Morgan fingerprint density at radius 3 is 2.85 bits per heavy atom. The molecule has 1 aromatic carbocycles. The van der Waals surface area contributed by atoms with Crippen LogP contribution >= 0.6 is 15.9 Å². The Bertz CT molecular complexity index is 475. The van der Waals surface area contributed by atoms with E-state index in [0.29, 0.717) is 5.56 Å². The Balaban J connectivity index is 2.80. The maximum Gasteiger partial charge on any atom is 0.249 e. The van der Waals surface area contributed by atoms with Gasteiger partial charge in [-0.15, -0.1) is 0 Å². The summed E-state index contributed by atoms with van der Waals surface area (Å²) < 4.78 is 0.725. The van der Waals surface area contributed by atoms with Crippen LogP contribution in [0.1, 0.15) is 10.4 Å². The summed E-state index contributed by atoms with van der Waals surface area (Å²) in [6.45, 7) is 0. The molecule has 66 valence electrons. The number of hydrogen-bond donors (Lipinski definition) is 2. The van der Waals surface area contributed by atoms with Gasteiger partial charge in [-0.25, -0.2) is 0 Å². The van der Waals surface area contributed by atoms with Gasteiger partial charge in [-0.1, -0.05) is 6.07 Å². The first-order valence-corrected chi connectivity index (χ1v) is 4.55. The molecule has 1 amide bonds. The van der Waals surface area contributed by atoms with E-state index in [1.165, 1.54) is 0 Å². The highest BCUT2D eigenvalue weighted by atomic mass is 79.9. The molecule has 0 fully saturated rings. The van der Waals surface area contributed by atoms with Crippen LogP contribution in [0.2, 0.25) is 0 Å². The summed E-state index contributed by atoms with van der Waals surface area (Å²) in [5, 5.41) is 1.05. The quantitative estimate of drug-likeness (QED) is 0.785. The minimum atomic E-state index is -0.427. The SMILES string of the molecule is NC(=O)c1ccc2cc[nH]c2c1Br. The number of hydrogen-bond acceptors (Lipinski definition) is 1. The predicted molar refractivity (Wildman–Crippen MR) is 54.5 cm³/mol. The molecule has 13 heavy (non-hydrogen) atoms. The minimum Gasteiger partial charge on any atom is -0.366 e. The van der Waals surface area contributed by atoms with Crippen molar-refractivity contribution in [2.24, 2.45) is 5.73 Å². The van der Waals surface area contributed by atoms with Crippen LogP contribution in [-0.4, -0.2) is 10.9 Å². The van der Waals surface area contributed by atoms with E-state index in [1.807, 2.05) is 18.3 Å². The monoisotopic (exact) mass is 238 g/mol. The van der Waals surface area contributed by atoms with E-state index < -0.39 is 5.91 Å². The molecule has 1 heterocycles. The largest absolute Gasteiger partial charge is 0.366 e. The molecular formula is C9H7BrN2O. The molecule has 0 aliphatic heterocycles. The molecule has 2 aromatic rings. The van der Waals surface area contributed by atoms with Crippen LogP contribution in [0, 0.1) is 0 Å². The molecule has 0 saturated carbocycles. The van der Waals surface area contributed by atoms with Gasteiger partial charge in [0.05, 0.1) is 15.6 Å². The molecule has 3 nitrogen and oxygen atoms in total. The maximum absolute atomic E-state index is 11.0. The molecule has 0 unspecified atom stereocenters. The van der Waals surface area contributed by atoms with Gasteiger partial charge in [0.2, 0.25) is 5.91 Å². The van der Waals surface area contributed by atoms with E-state index >= 15 is 0 Å². The Labute approximate surface area is 83.1 Å². The highest BCUT2D eigenvalue weighted by Crippen LogP contribution is 2.26. The molecule has 2 rings (SSSR count). The third-order valence-corrected chi connectivity index (χ3v) is 2.75. The Morgan fingerprint density at radius 1 is 1.38 bits per heavy atom. The first-order valence-electron chi connectivity index (χ1n) is 3.75. The van der Waals surface area contributed by atoms with Gasteiger partial charge in [0.15, 0.2) is 0 Å². The van der Waals surface area contributed by atoms with Crippen molar-refractivity contribution in [2.45, 2.75) is 0 Å². The fourth-order valence-corrected chi connectivity index (χ4v) is 1.95. The van der Waals surface area contributed by atoms with Crippen LogP contribution in [0.4, 0.5) is 0 Å². The van der Waals surface area contributed by atoms with Crippen LogP contribution in [0.5, 0.6) is 0 Å². The number of carbonyl (C=O) groups excluding carboxylic acids is 1. The van der Waals surface area contributed by atoms with E-state index in [-0.39, 0.29) is 0 Å². The molecule has 0 saturated heterocycles. The summed E-state index contributed by atoms with van der Waals surface area (Å²) in [7, 11) is 0. The van der Waals surface area contributed by atoms with Crippen LogP contribution in [0.15, 0.2) is 28.9 Å². The number of nitrogens with two attached hydrogens (primary N) is 1. The Morgan fingerprint density at radius 2 is 2.15 bits per heavy atom. The smallest absolute Gasteiger partial charge is 0.249 e. The van der Waals surface area contributed by atoms with Gasteiger partial charge >= 0.3 is 0 Å². The normalized spacial score (nSPS) is 10.5. The molecule has 0 spiro atoms. The molecule has 0 bridgehead atoms. The molecule has 0 radical (unpaired) electrons. The van der Waals surface area contributed by atoms with Gasteiger partial charge in [0.25, 0.3) is 0 Å². The average molecular weight is 239 g/mol. The number of amides is 1. The third kappa shape index (κ3) is 1.23. The van der Waals surface area contributed by atoms with Crippen molar-refractivity contribution < 1.29 is 4.79 Å². The number of primary amides is 1. The van der Waals surface area contributed by atoms with Crippen molar-refractivity contribution in [3.8, 4) is 0 Å². The number of nitrogens with one attached hydrogen (secondary N) is 1. The highest BCUT2D eigenvalue weighted by molar-refractivity contribution is 9.10. The lowest BCUT2D eigenvalue weighted by molar-refractivity contribution is 0.0999. The summed E-state index contributed by atoms with van der Waals surface area (Å²) in [4.78, 5) is 14.0. The zero-order valence-electron chi connectivity index (χ0n) is 6.67. The van der Waals surface area contributed by atoms with E-state index in [9.17, 15) is 4.79 Å². The van der Waals surface area contributed by atoms with E-state index in [4.69, 9.17) is 5.73 Å². The van der Waals surface area contributed by atoms with Gasteiger partial charge in [-0.2, -0.15) is 0 Å². The number of halogens is 1. The number of aromatic amines is 1. The first-order chi connectivity index (χ1) is 6.20. The van der Waals surface area contributed by atoms with Crippen LogP contribution in [-0.2, 0) is 0 Å². The highest BCUT2D eigenvalue weighted by Gasteiger charge is 2.09. The Kier molecular flexibility index (Phi) is 1.84. The second kappa shape index (κ2) is 2.88. The molecule has 0 aliphatic carbocycles. The number of carbonyl (C=O) groups is 1. The molecule has 0 aliphatic rings. The summed E-state index contributed by atoms with van der Waals surface area (Å²) in [5.41, 5.74) is 6.59. The third-order valence-electron chi connectivity index (χ3n) is 1.93. The molecule has 1 aromatic heterocycles. The van der Waals surface area contributed by atoms with Gasteiger partial charge in [0.1, 0.15) is 0 Å². The molecule has 4 heteroatoms. The zero-order valence-corrected chi connectivity index (χ0v) is 8.26. The second-order valence-corrected chi connectivity index (χ2v) is 3.53. The lowest BCUT2D eigenvalue weighted by atomic mass is 10.1. The number of aromatic nitrogens is 1. The van der Waals surface area contributed by atoms with Crippen LogP contribution < -0.4 is 5.73 Å². The van der Waals surface area contributed by atoms with Crippen molar-refractivity contribution in [3.05, 3.63) is 34.4 Å². The predicted octanol–water partition coefficient (Wildman–Crippen LogP) is 2.03. The van der Waals surface area contributed by atoms with Gasteiger partial charge in [0, 0.05) is 11.6 Å². The first kappa shape index (κ1) is 8.31. The number of rotatable bonds is 1. The zero-order chi connectivity index (χ0) is 9.42. The van der Waals surface area contributed by atoms with Gasteiger partial charge in [-0.3, -0.25) is 4.79 Å². The Hall–Kier alpha value is -1.29. The standard InChI is InChI=1S/C9H7BrN2O/c10-7-6(9(11)13)2-1-5-3-4-12-8(5)7/h1-4,12H,(H2,11,13). The summed E-state index contributed by atoms with van der Waals surface area (Å²) in [6, 6.07) is 5.50. The fourth-order valence-electron chi connectivity index (χ4n) is 1.28. The fraction of sp³-hybridized carbons (Fsp3) is 0. The van der Waals surface area contributed by atoms with E-state index in [1.54, 1.807) is 6.07 Å². The lowest BCUT2D eigenvalue weighted by Crippen LogP contribution is -2.11. The summed E-state index contributed by atoms with van der Waals surface area (Å²) in [6.07, 6.45) is 1.82. The maximum atomic E-state index is 11.0. The van der Waals surface area contributed by atoms with Gasteiger partial charge in [-0.05, 0) is 28.1 Å². The molecule has 3 N–H and O–H groups in total.